The first-order valence-corrected chi connectivity index (χ1v) is 7.46. The minimum Gasteiger partial charge on any atom is -0.267 e. The molecule has 0 fully saturated rings. The molecule has 0 spiro atoms. The van der Waals surface area contributed by atoms with Crippen molar-refractivity contribution in [2.24, 2.45) is 5.10 Å². The molecule has 5 heteroatoms. The van der Waals surface area contributed by atoms with Crippen LogP contribution in [0.4, 0.5) is 0 Å². The van der Waals surface area contributed by atoms with Crippen LogP contribution in [0, 0.1) is 0 Å². The van der Waals surface area contributed by atoms with Gasteiger partial charge in [0.05, 0.1) is 6.21 Å². The third kappa shape index (κ3) is 3.04. The van der Waals surface area contributed by atoms with Crippen LogP contribution in [-0.2, 0) is 0 Å². The van der Waals surface area contributed by atoms with Crippen LogP contribution in [0.3, 0.4) is 0 Å². The Balaban J connectivity index is 1.78. The number of aromatic nitrogens is 1. The van der Waals surface area contributed by atoms with Gasteiger partial charge in [0.15, 0.2) is 0 Å². The highest BCUT2D eigenvalue weighted by Crippen LogP contribution is 2.26. The van der Waals surface area contributed by atoms with Crippen molar-refractivity contribution in [2.75, 3.05) is 0 Å². The summed E-state index contributed by atoms with van der Waals surface area (Å²) in [4.78, 5) is 15.7. The van der Waals surface area contributed by atoms with Crippen LogP contribution in [0.15, 0.2) is 70.5 Å². The van der Waals surface area contributed by atoms with Gasteiger partial charge in [-0.2, -0.15) is 5.10 Å². The van der Waals surface area contributed by atoms with E-state index < -0.39 is 0 Å². The van der Waals surface area contributed by atoms with Crippen LogP contribution in [0.2, 0.25) is 0 Å². The highest BCUT2D eigenvalue weighted by atomic mass is 79.9. The Morgan fingerprint density at radius 1 is 1.09 bits per heavy atom. The highest BCUT2D eigenvalue weighted by molar-refractivity contribution is 9.10. The Hall–Kier alpha value is -2.53. The fourth-order valence-electron chi connectivity index (χ4n) is 2.08. The molecular formula is C17H12BrN3O. The summed E-state index contributed by atoms with van der Waals surface area (Å²) in [5.74, 6) is -0.268. The molecule has 0 unspecified atom stereocenters. The first-order chi connectivity index (χ1) is 10.8. The smallest absolute Gasteiger partial charge is 0.267 e. The molecule has 1 aromatic heterocycles. The fourth-order valence-corrected chi connectivity index (χ4v) is 2.67. The molecule has 0 radical (unpaired) electrons. The quantitative estimate of drug-likeness (QED) is 0.575. The Morgan fingerprint density at radius 2 is 1.86 bits per heavy atom. The first-order valence-electron chi connectivity index (χ1n) is 6.66. The molecule has 0 atom stereocenters. The molecule has 1 heterocycles. The minimum absolute atomic E-state index is 0.268. The molecule has 1 N–H and O–H groups in total. The number of carbonyl (C=O) groups is 1. The lowest BCUT2D eigenvalue weighted by atomic mass is 10.1. The summed E-state index contributed by atoms with van der Waals surface area (Å²) in [5.41, 5.74) is 3.92. The van der Waals surface area contributed by atoms with E-state index in [0.29, 0.717) is 5.56 Å². The zero-order valence-corrected chi connectivity index (χ0v) is 13.1. The summed E-state index contributed by atoms with van der Waals surface area (Å²) >= 11 is 3.58. The number of rotatable bonds is 3. The molecule has 0 aliphatic heterocycles. The van der Waals surface area contributed by atoms with E-state index >= 15 is 0 Å². The molecule has 0 aliphatic rings. The normalized spacial score (nSPS) is 11.0. The SMILES string of the molecule is O=C(N/N=C/c1ccc2ccccc2c1Br)c1ccncc1. The Bertz CT molecular complexity index is 847. The van der Waals surface area contributed by atoms with E-state index in [1.54, 1.807) is 30.7 Å². The van der Waals surface area contributed by atoms with Crippen molar-refractivity contribution in [2.45, 2.75) is 0 Å². The number of hydrogen-bond acceptors (Lipinski definition) is 3. The third-order valence-electron chi connectivity index (χ3n) is 3.21. The molecule has 0 saturated heterocycles. The summed E-state index contributed by atoms with van der Waals surface area (Å²) in [6.45, 7) is 0. The summed E-state index contributed by atoms with van der Waals surface area (Å²) in [5, 5.41) is 6.26. The largest absolute Gasteiger partial charge is 0.271 e. The molecular weight excluding hydrogens is 342 g/mol. The van der Waals surface area contributed by atoms with E-state index in [9.17, 15) is 4.79 Å². The number of pyridine rings is 1. The molecule has 3 aromatic rings. The van der Waals surface area contributed by atoms with Gasteiger partial charge in [0.2, 0.25) is 0 Å². The van der Waals surface area contributed by atoms with Gasteiger partial charge in [0.1, 0.15) is 0 Å². The molecule has 108 valence electrons. The van der Waals surface area contributed by atoms with Gasteiger partial charge in [-0.1, -0.05) is 36.4 Å². The average molecular weight is 354 g/mol. The van der Waals surface area contributed by atoms with E-state index in [1.165, 1.54) is 0 Å². The number of carbonyl (C=O) groups excluding carboxylic acids is 1. The predicted octanol–water partition coefficient (Wildman–Crippen LogP) is 3.76. The zero-order valence-electron chi connectivity index (χ0n) is 11.5. The molecule has 4 nitrogen and oxygen atoms in total. The van der Waals surface area contributed by atoms with Crippen molar-refractivity contribution in [3.05, 3.63) is 76.5 Å². The molecule has 0 saturated carbocycles. The maximum Gasteiger partial charge on any atom is 0.271 e. The number of amides is 1. The van der Waals surface area contributed by atoms with Crippen LogP contribution in [0.25, 0.3) is 10.8 Å². The second-order valence-electron chi connectivity index (χ2n) is 4.62. The van der Waals surface area contributed by atoms with Crippen molar-refractivity contribution in [3.63, 3.8) is 0 Å². The lowest BCUT2D eigenvalue weighted by Crippen LogP contribution is -2.17. The topological polar surface area (TPSA) is 54.4 Å². The average Bonchev–Trinajstić information content (AvgIpc) is 2.58. The maximum absolute atomic E-state index is 11.9. The third-order valence-corrected chi connectivity index (χ3v) is 4.09. The van der Waals surface area contributed by atoms with Crippen LogP contribution >= 0.6 is 15.9 Å². The number of hydrogen-bond donors (Lipinski definition) is 1. The van der Waals surface area contributed by atoms with Crippen molar-refractivity contribution in [1.82, 2.24) is 10.4 Å². The summed E-state index contributed by atoms with van der Waals surface area (Å²) in [7, 11) is 0. The van der Waals surface area contributed by atoms with Crippen molar-refractivity contribution in [1.29, 1.82) is 0 Å². The summed E-state index contributed by atoms with van der Waals surface area (Å²) in [6, 6.07) is 15.3. The molecule has 2 aromatic carbocycles. The van der Waals surface area contributed by atoms with Gasteiger partial charge < -0.3 is 0 Å². The van der Waals surface area contributed by atoms with Gasteiger partial charge >= 0.3 is 0 Å². The highest BCUT2D eigenvalue weighted by Gasteiger charge is 2.04. The molecule has 0 aliphatic carbocycles. The Morgan fingerprint density at radius 3 is 2.68 bits per heavy atom. The molecule has 1 amide bonds. The fraction of sp³-hybridized carbons (Fsp3) is 0. The van der Waals surface area contributed by atoms with Crippen molar-refractivity contribution in [3.8, 4) is 0 Å². The minimum atomic E-state index is -0.268. The van der Waals surface area contributed by atoms with E-state index in [1.807, 2.05) is 36.4 Å². The van der Waals surface area contributed by atoms with Gasteiger partial charge in [-0.25, -0.2) is 5.43 Å². The Labute approximate surface area is 136 Å². The van der Waals surface area contributed by atoms with Crippen LogP contribution in [-0.4, -0.2) is 17.1 Å². The Kier molecular flexibility index (Phi) is 4.25. The predicted molar refractivity (Wildman–Crippen MR) is 90.9 cm³/mol. The monoisotopic (exact) mass is 353 g/mol. The second kappa shape index (κ2) is 6.49. The maximum atomic E-state index is 11.9. The zero-order chi connectivity index (χ0) is 15.4. The lowest BCUT2D eigenvalue weighted by Gasteiger charge is -2.04. The van der Waals surface area contributed by atoms with Crippen molar-refractivity contribution >= 4 is 38.8 Å². The van der Waals surface area contributed by atoms with Gasteiger partial charge in [-0.05, 0) is 38.8 Å². The first kappa shape index (κ1) is 14.4. The molecule has 0 bridgehead atoms. The van der Waals surface area contributed by atoms with E-state index in [2.05, 4.69) is 31.4 Å². The standard InChI is InChI=1S/C17H12BrN3O/c18-16-14(6-5-12-3-1-2-4-15(12)16)11-20-21-17(22)13-7-9-19-10-8-13/h1-11H,(H,21,22)/b20-11+. The lowest BCUT2D eigenvalue weighted by molar-refractivity contribution is 0.0955. The van der Waals surface area contributed by atoms with Crippen LogP contribution in [0.5, 0.6) is 0 Å². The van der Waals surface area contributed by atoms with E-state index in [-0.39, 0.29) is 5.91 Å². The molecule has 22 heavy (non-hydrogen) atoms. The van der Waals surface area contributed by atoms with Gasteiger partial charge in [-0.15, -0.1) is 0 Å². The summed E-state index contributed by atoms with van der Waals surface area (Å²) < 4.78 is 0.951. The number of halogens is 1. The molecule has 3 rings (SSSR count). The van der Waals surface area contributed by atoms with Crippen molar-refractivity contribution < 1.29 is 4.79 Å². The second-order valence-corrected chi connectivity index (χ2v) is 5.42. The van der Waals surface area contributed by atoms with Gasteiger partial charge in [0.25, 0.3) is 5.91 Å². The van der Waals surface area contributed by atoms with E-state index in [4.69, 9.17) is 0 Å². The number of benzene rings is 2. The van der Waals surface area contributed by atoms with E-state index in [0.717, 1.165) is 20.8 Å². The van der Waals surface area contributed by atoms with Crippen LogP contribution in [0.1, 0.15) is 15.9 Å². The van der Waals surface area contributed by atoms with Gasteiger partial charge in [-0.3, -0.25) is 9.78 Å². The summed E-state index contributed by atoms with van der Waals surface area (Å²) in [6.07, 6.45) is 4.76. The number of nitrogens with zero attached hydrogens (tertiary/aromatic N) is 2. The number of nitrogens with one attached hydrogen (secondary N) is 1. The number of fused-ring (bicyclic) bond motifs is 1. The number of hydrazone groups is 1. The van der Waals surface area contributed by atoms with Crippen LogP contribution < -0.4 is 5.43 Å². The van der Waals surface area contributed by atoms with Gasteiger partial charge in [0, 0.05) is 28.0 Å².